The summed E-state index contributed by atoms with van der Waals surface area (Å²) in [6.07, 6.45) is 5.47. The summed E-state index contributed by atoms with van der Waals surface area (Å²) >= 11 is 0. The minimum absolute atomic E-state index is 0.483. The third kappa shape index (κ3) is 3.13. The van der Waals surface area contributed by atoms with Crippen LogP contribution in [0.3, 0.4) is 0 Å². The molecule has 0 radical (unpaired) electrons. The molecular weight excluding hydrogens is 216 g/mol. The van der Waals surface area contributed by atoms with Crippen LogP contribution in [0.1, 0.15) is 25.2 Å². The van der Waals surface area contributed by atoms with E-state index in [1.165, 1.54) is 5.56 Å². The van der Waals surface area contributed by atoms with Gasteiger partial charge in [-0.15, -0.1) is 0 Å². The minimum atomic E-state index is 0.483. The van der Waals surface area contributed by atoms with E-state index >= 15 is 0 Å². The Morgan fingerprint density at radius 2 is 2.18 bits per heavy atom. The monoisotopic (exact) mass is 234 g/mol. The normalized spacial score (nSPS) is 11.3. The number of hydrogen-bond acceptors (Lipinski definition) is 4. The van der Waals surface area contributed by atoms with Gasteiger partial charge in [-0.2, -0.15) is 10.2 Å². The van der Waals surface area contributed by atoms with Gasteiger partial charge < -0.3 is 5.32 Å². The lowest BCUT2D eigenvalue weighted by atomic mass is 10.3. The molecule has 0 atom stereocenters. The highest BCUT2D eigenvalue weighted by atomic mass is 15.3. The predicted octanol–water partition coefficient (Wildman–Crippen LogP) is 0.558. The fourth-order valence-electron chi connectivity index (χ4n) is 1.51. The Morgan fingerprint density at radius 3 is 2.82 bits per heavy atom. The fraction of sp³-hybridized carbons (Fsp3) is 0.545. The number of nitrogens with zero attached hydrogens (tertiary/aromatic N) is 5. The summed E-state index contributed by atoms with van der Waals surface area (Å²) in [5, 5.41) is 11.7. The van der Waals surface area contributed by atoms with Gasteiger partial charge in [-0.1, -0.05) is 13.8 Å². The predicted molar refractivity (Wildman–Crippen MR) is 64.3 cm³/mol. The summed E-state index contributed by atoms with van der Waals surface area (Å²) < 4.78 is 3.63. The molecule has 1 N–H and O–H groups in total. The van der Waals surface area contributed by atoms with Crippen LogP contribution in [0, 0.1) is 0 Å². The molecule has 2 aromatic rings. The van der Waals surface area contributed by atoms with Crippen molar-refractivity contribution in [3.8, 4) is 0 Å². The molecule has 0 aromatic carbocycles. The highest BCUT2D eigenvalue weighted by molar-refractivity contribution is 5.04. The van der Waals surface area contributed by atoms with Crippen LogP contribution in [0.25, 0.3) is 0 Å². The van der Waals surface area contributed by atoms with Gasteiger partial charge in [0.05, 0.1) is 6.20 Å². The zero-order valence-corrected chi connectivity index (χ0v) is 10.5. The summed E-state index contributed by atoms with van der Waals surface area (Å²) in [5.41, 5.74) is 1.18. The number of rotatable bonds is 5. The second kappa shape index (κ2) is 5.09. The zero-order chi connectivity index (χ0) is 12.3. The van der Waals surface area contributed by atoms with Crippen LogP contribution < -0.4 is 5.32 Å². The van der Waals surface area contributed by atoms with E-state index in [-0.39, 0.29) is 0 Å². The maximum absolute atomic E-state index is 4.31. The second-order valence-electron chi connectivity index (χ2n) is 4.38. The van der Waals surface area contributed by atoms with Crippen LogP contribution >= 0.6 is 0 Å². The molecule has 2 heterocycles. The van der Waals surface area contributed by atoms with E-state index in [1.54, 1.807) is 11.0 Å². The molecule has 17 heavy (non-hydrogen) atoms. The molecule has 6 nitrogen and oxygen atoms in total. The average molecular weight is 234 g/mol. The molecule has 0 bridgehead atoms. The first kappa shape index (κ1) is 11.8. The van der Waals surface area contributed by atoms with Gasteiger partial charge in [0.2, 0.25) is 0 Å². The van der Waals surface area contributed by atoms with Crippen molar-refractivity contribution in [2.45, 2.75) is 33.0 Å². The average Bonchev–Trinajstić information content (AvgIpc) is 2.87. The van der Waals surface area contributed by atoms with E-state index in [0.29, 0.717) is 12.6 Å². The van der Waals surface area contributed by atoms with E-state index < -0.39 is 0 Å². The first-order valence-corrected chi connectivity index (χ1v) is 5.72. The summed E-state index contributed by atoms with van der Waals surface area (Å²) in [7, 11) is 1.88. The number of aryl methyl sites for hydroxylation is 1. The van der Waals surface area contributed by atoms with E-state index in [1.807, 2.05) is 24.1 Å². The summed E-state index contributed by atoms with van der Waals surface area (Å²) in [5.74, 6) is 0.900. The molecule has 0 aliphatic heterocycles. The van der Waals surface area contributed by atoms with Crippen LogP contribution in [0.2, 0.25) is 0 Å². The van der Waals surface area contributed by atoms with Crippen molar-refractivity contribution in [2.75, 3.05) is 0 Å². The molecule has 6 heteroatoms. The Morgan fingerprint density at radius 1 is 1.35 bits per heavy atom. The largest absolute Gasteiger partial charge is 0.310 e. The van der Waals surface area contributed by atoms with Crippen molar-refractivity contribution in [3.63, 3.8) is 0 Å². The second-order valence-corrected chi connectivity index (χ2v) is 4.38. The van der Waals surface area contributed by atoms with Gasteiger partial charge in [0.1, 0.15) is 18.7 Å². The molecule has 2 rings (SSSR count). The van der Waals surface area contributed by atoms with Gasteiger partial charge in [-0.05, 0) is 0 Å². The third-order valence-corrected chi connectivity index (χ3v) is 2.51. The Hall–Kier alpha value is -1.69. The molecule has 0 saturated heterocycles. The lowest BCUT2D eigenvalue weighted by molar-refractivity contribution is 0.586. The van der Waals surface area contributed by atoms with E-state index in [4.69, 9.17) is 0 Å². The van der Waals surface area contributed by atoms with Gasteiger partial charge in [-0.3, -0.25) is 9.36 Å². The molecule has 0 unspecified atom stereocenters. The fourth-order valence-corrected chi connectivity index (χ4v) is 1.51. The third-order valence-electron chi connectivity index (χ3n) is 2.51. The summed E-state index contributed by atoms with van der Waals surface area (Å²) in [6.45, 7) is 5.75. The Balaban J connectivity index is 1.97. The van der Waals surface area contributed by atoms with E-state index in [0.717, 1.165) is 12.4 Å². The summed E-state index contributed by atoms with van der Waals surface area (Å²) in [4.78, 5) is 4.17. The van der Waals surface area contributed by atoms with Crippen molar-refractivity contribution in [3.05, 3.63) is 30.1 Å². The van der Waals surface area contributed by atoms with Crippen molar-refractivity contribution >= 4 is 0 Å². The van der Waals surface area contributed by atoms with Gasteiger partial charge in [0.15, 0.2) is 0 Å². The Bertz CT molecular complexity index is 470. The Labute approximate surface area is 101 Å². The van der Waals surface area contributed by atoms with Gasteiger partial charge in [0.25, 0.3) is 0 Å². The number of hydrogen-bond donors (Lipinski definition) is 1. The highest BCUT2D eigenvalue weighted by Crippen LogP contribution is 2.01. The van der Waals surface area contributed by atoms with E-state index in [9.17, 15) is 0 Å². The van der Waals surface area contributed by atoms with Gasteiger partial charge >= 0.3 is 0 Å². The van der Waals surface area contributed by atoms with Crippen LogP contribution in [0.15, 0.2) is 18.7 Å². The van der Waals surface area contributed by atoms with Crippen molar-refractivity contribution < 1.29 is 0 Å². The van der Waals surface area contributed by atoms with Crippen molar-refractivity contribution in [1.29, 1.82) is 0 Å². The van der Waals surface area contributed by atoms with Crippen molar-refractivity contribution in [2.24, 2.45) is 7.05 Å². The smallest absolute Gasteiger partial charge is 0.148 e. The van der Waals surface area contributed by atoms with Crippen molar-refractivity contribution in [1.82, 2.24) is 29.9 Å². The molecule has 0 amide bonds. The minimum Gasteiger partial charge on any atom is -0.310 e. The molecule has 0 saturated carbocycles. The molecule has 0 fully saturated rings. The van der Waals surface area contributed by atoms with Crippen LogP contribution in [-0.4, -0.2) is 30.6 Å². The van der Waals surface area contributed by atoms with Crippen LogP contribution in [-0.2, 0) is 20.1 Å². The molecule has 0 aliphatic carbocycles. The molecule has 92 valence electrons. The quantitative estimate of drug-likeness (QED) is 0.821. The maximum atomic E-state index is 4.31. The molecule has 0 aliphatic rings. The van der Waals surface area contributed by atoms with Crippen LogP contribution in [0.4, 0.5) is 0 Å². The van der Waals surface area contributed by atoms with Gasteiger partial charge in [-0.25, -0.2) is 4.98 Å². The standard InChI is InChI=1S/C11H18N6/c1-9(2)12-4-10-5-14-17(6-10)7-11-13-8-15-16(11)3/h5-6,8-9,12H,4,7H2,1-3H3. The lowest BCUT2D eigenvalue weighted by Crippen LogP contribution is -2.21. The number of aromatic nitrogens is 5. The summed E-state index contributed by atoms with van der Waals surface area (Å²) in [6, 6.07) is 0.483. The topological polar surface area (TPSA) is 60.6 Å². The lowest BCUT2D eigenvalue weighted by Gasteiger charge is -2.05. The number of nitrogens with one attached hydrogen (secondary N) is 1. The first-order valence-electron chi connectivity index (χ1n) is 5.72. The first-order chi connectivity index (χ1) is 8.15. The van der Waals surface area contributed by atoms with E-state index in [2.05, 4.69) is 34.3 Å². The van der Waals surface area contributed by atoms with Gasteiger partial charge in [0, 0.05) is 31.4 Å². The maximum Gasteiger partial charge on any atom is 0.148 e. The molecule has 0 spiro atoms. The van der Waals surface area contributed by atoms with Crippen LogP contribution in [0.5, 0.6) is 0 Å². The SMILES string of the molecule is CC(C)NCc1cnn(Cc2ncnn2C)c1. The highest BCUT2D eigenvalue weighted by Gasteiger charge is 2.04. The zero-order valence-electron chi connectivity index (χ0n) is 10.5. The Kier molecular flexibility index (Phi) is 3.53. The molecule has 2 aromatic heterocycles. The molecular formula is C11H18N6.